The fraction of sp³-hybridized carbons (Fsp3) is 0.500. The summed E-state index contributed by atoms with van der Waals surface area (Å²) in [5.41, 5.74) is 1.08. The second kappa shape index (κ2) is 6.17. The maximum absolute atomic E-state index is 11.8. The van der Waals surface area contributed by atoms with E-state index in [0.717, 1.165) is 5.69 Å². The Morgan fingerprint density at radius 1 is 0.944 bits per heavy atom. The van der Waals surface area contributed by atoms with Gasteiger partial charge in [0.05, 0.1) is 0 Å². The van der Waals surface area contributed by atoms with Crippen LogP contribution in [0.4, 0.5) is 5.69 Å². The highest BCUT2D eigenvalue weighted by Gasteiger charge is 2.20. The molecule has 0 atom stereocenters. The van der Waals surface area contributed by atoms with Gasteiger partial charge in [0.25, 0.3) is 10.2 Å². The molecule has 5 nitrogen and oxygen atoms in total. The van der Waals surface area contributed by atoms with Crippen LogP contribution in [0, 0.1) is 0 Å². The summed E-state index contributed by atoms with van der Waals surface area (Å²) in [5, 5.41) is 0. The zero-order valence-corrected chi connectivity index (χ0v) is 12.2. The first-order chi connectivity index (χ1) is 8.35. The minimum Gasteiger partial charge on any atom is -0.373 e. The molecule has 1 aromatic rings. The van der Waals surface area contributed by atoms with Crippen LogP contribution in [0.2, 0.25) is 0 Å². The summed E-state index contributed by atoms with van der Waals surface area (Å²) >= 11 is 0. The van der Waals surface area contributed by atoms with Crippen molar-refractivity contribution in [1.82, 2.24) is 8.61 Å². The fourth-order valence-electron chi connectivity index (χ4n) is 1.50. The second-order valence-electron chi connectivity index (χ2n) is 4.37. The van der Waals surface area contributed by atoms with Crippen molar-refractivity contribution in [2.75, 3.05) is 46.2 Å². The molecular formula is C12H21N3O2S. The molecule has 0 N–H and O–H groups in total. The molecule has 18 heavy (non-hydrogen) atoms. The number of benzene rings is 1. The molecule has 0 saturated carbocycles. The SMILES string of the molecule is CN(CCN(C)S(=O)(=O)N(C)C)c1ccccc1. The average Bonchev–Trinajstić information content (AvgIpc) is 2.36. The largest absolute Gasteiger partial charge is 0.373 e. The van der Waals surface area contributed by atoms with Gasteiger partial charge in [-0.3, -0.25) is 0 Å². The van der Waals surface area contributed by atoms with E-state index in [0.29, 0.717) is 13.1 Å². The van der Waals surface area contributed by atoms with Gasteiger partial charge in [0.1, 0.15) is 0 Å². The molecule has 1 aromatic carbocycles. The molecule has 0 spiro atoms. The normalized spacial score (nSPS) is 12.1. The van der Waals surface area contributed by atoms with Crippen LogP contribution in [0.15, 0.2) is 30.3 Å². The Morgan fingerprint density at radius 3 is 2.00 bits per heavy atom. The summed E-state index contributed by atoms with van der Waals surface area (Å²) in [6.45, 7) is 1.10. The Hall–Kier alpha value is -1.11. The summed E-state index contributed by atoms with van der Waals surface area (Å²) in [5.74, 6) is 0. The molecule has 0 aromatic heterocycles. The number of hydrogen-bond donors (Lipinski definition) is 0. The average molecular weight is 271 g/mol. The lowest BCUT2D eigenvalue weighted by Gasteiger charge is -2.25. The third kappa shape index (κ3) is 3.69. The third-order valence-corrected chi connectivity index (χ3v) is 4.70. The van der Waals surface area contributed by atoms with Gasteiger partial charge in [-0.15, -0.1) is 0 Å². The van der Waals surface area contributed by atoms with Gasteiger partial charge in [0.2, 0.25) is 0 Å². The molecule has 0 fully saturated rings. The van der Waals surface area contributed by atoms with Gasteiger partial charge >= 0.3 is 0 Å². The van der Waals surface area contributed by atoms with Gasteiger partial charge in [-0.05, 0) is 12.1 Å². The van der Waals surface area contributed by atoms with Crippen LogP contribution in [0.5, 0.6) is 0 Å². The summed E-state index contributed by atoms with van der Waals surface area (Å²) in [7, 11) is 3.30. The van der Waals surface area contributed by atoms with Crippen molar-refractivity contribution < 1.29 is 8.42 Å². The topological polar surface area (TPSA) is 43.9 Å². The van der Waals surface area contributed by atoms with Crippen LogP contribution in [0.3, 0.4) is 0 Å². The summed E-state index contributed by atoms with van der Waals surface area (Å²) in [4.78, 5) is 2.03. The van der Waals surface area contributed by atoms with E-state index in [1.165, 1.54) is 22.7 Å². The summed E-state index contributed by atoms with van der Waals surface area (Å²) in [6, 6.07) is 9.89. The smallest absolute Gasteiger partial charge is 0.281 e. The standard InChI is InChI=1S/C12H21N3O2S/c1-13(2)18(16,17)15(4)11-10-14(3)12-8-6-5-7-9-12/h5-9H,10-11H2,1-4H3. The van der Waals surface area contributed by atoms with Crippen molar-refractivity contribution >= 4 is 15.9 Å². The van der Waals surface area contributed by atoms with E-state index in [1.807, 2.05) is 42.3 Å². The van der Waals surface area contributed by atoms with Gasteiger partial charge in [-0.1, -0.05) is 18.2 Å². The molecule has 0 aliphatic rings. The van der Waals surface area contributed by atoms with E-state index in [4.69, 9.17) is 0 Å². The number of anilines is 1. The molecule has 0 saturated heterocycles. The third-order valence-electron chi connectivity index (χ3n) is 2.80. The number of nitrogens with zero attached hydrogens (tertiary/aromatic N) is 3. The summed E-state index contributed by atoms with van der Waals surface area (Å²) in [6.07, 6.45) is 0. The van der Waals surface area contributed by atoms with Crippen molar-refractivity contribution in [3.05, 3.63) is 30.3 Å². The van der Waals surface area contributed by atoms with Crippen LogP contribution in [0.1, 0.15) is 0 Å². The van der Waals surface area contributed by atoms with Crippen molar-refractivity contribution in [1.29, 1.82) is 0 Å². The van der Waals surface area contributed by atoms with Crippen molar-refractivity contribution in [2.24, 2.45) is 0 Å². The second-order valence-corrected chi connectivity index (χ2v) is 6.62. The van der Waals surface area contributed by atoms with Crippen LogP contribution in [0.25, 0.3) is 0 Å². The van der Waals surface area contributed by atoms with Crippen LogP contribution in [-0.4, -0.2) is 58.3 Å². The molecule has 1 rings (SSSR count). The summed E-state index contributed by atoms with van der Waals surface area (Å²) < 4.78 is 26.2. The first-order valence-corrected chi connectivity index (χ1v) is 7.15. The maximum atomic E-state index is 11.8. The minimum atomic E-state index is -3.31. The van der Waals surface area contributed by atoms with Crippen molar-refractivity contribution in [2.45, 2.75) is 0 Å². The molecule has 102 valence electrons. The zero-order chi connectivity index (χ0) is 13.8. The highest BCUT2D eigenvalue weighted by Crippen LogP contribution is 2.11. The number of para-hydroxylation sites is 1. The van der Waals surface area contributed by atoms with E-state index in [-0.39, 0.29) is 0 Å². The Morgan fingerprint density at radius 2 is 1.50 bits per heavy atom. The molecule has 0 heterocycles. The maximum Gasteiger partial charge on any atom is 0.281 e. The van der Waals surface area contributed by atoms with Gasteiger partial charge in [-0.2, -0.15) is 17.0 Å². The predicted octanol–water partition coefficient (Wildman–Crippen LogP) is 0.861. The Labute approximate surface area is 110 Å². The molecule has 0 aliphatic heterocycles. The molecule has 6 heteroatoms. The van der Waals surface area contributed by atoms with Gasteiger partial charge in [-0.25, -0.2) is 0 Å². The van der Waals surface area contributed by atoms with E-state index in [9.17, 15) is 8.42 Å². The van der Waals surface area contributed by atoms with E-state index < -0.39 is 10.2 Å². The fourth-order valence-corrected chi connectivity index (χ4v) is 2.37. The number of likely N-dealkylation sites (N-methyl/N-ethyl adjacent to an activating group) is 2. The van der Waals surface area contributed by atoms with Gasteiger partial charge in [0.15, 0.2) is 0 Å². The molecule has 0 bridgehead atoms. The van der Waals surface area contributed by atoms with Gasteiger partial charge < -0.3 is 4.90 Å². The zero-order valence-electron chi connectivity index (χ0n) is 11.4. The first-order valence-electron chi connectivity index (χ1n) is 5.75. The highest BCUT2D eigenvalue weighted by atomic mass is 32.2. The monoisotopic (exact) mass is 271 g/mol. The predicted molar refractivity (Wildman–Crippen MR) is 74.9 cm³/mol. The van der Waals surface area contributed by atoms with E-state index in [2.05, 4.69) is 0 Å². The lowest BCUT2D eigenvalue weighted by Crippen LogP contribution is -2.41. The van der Waals surface area contributed by atoms with Crippen molar-refractivity contribution in [3.8, 4) is 0 Å². The van der Waals surface area contributed by atoms with E-state index >= 15 is 0 Å². The Balaban J connectivity index is 2.56. The van der Waals surface area contributed by atoms with Crippen molar-refractivity contribution in [3.63, 3.8) is 0 Å². The Bertz CT molecular complexity index is 459. The molecule has 0 radical (unpaired) electrons. The molecule has 0 aliphatic carbocycles. The lowest BCUT2D eigenvalue weighted by atomic mass is 10.3. The molecular weight excluding hydrogens is 250 g/mol. The number of hydrogen-bond acceptors (Lipinski definition) is 3. The van der Waals surface area contributed by atoms with Crippen LogP contribution in [-0.2, 0) is 10.2 Å². The van der Waals surface area contributed by atoms with Crippen LogP contribution < -0.4 is 4.90 Å². The lowest BCUT2D eigenvalue weighted by molar-refractivity contribution is 0.421. The van der Waals surface area contributed by atoms with E-state index in [1.54, 1.807) is 7.05 Å². The number of rotatable bonds is 6. The van der Waals surface area contributed by atoms with Gasteiger partial charge in [0, 0.05) is 47.0 Å². The Kier molecular flexibility index (Phi) is 5.13. The minimum absolute atomic E-state index is 0.450. The highest BCUT2D eigenvalue weighted by molar-refractivity contribution is 7.86. The first kappa shape index (κ1) is 14.9. The molecule has 0 amide bonds. The van der Waals surface area contributed by atoms with Crippen LogP contribution >= 0.6 is 0 Å². The molecule has 0 unspecified atom stereocenters. The quantitative estimate of drug-likeness (QED) is 0.771.